The summed E-state index contributed by atoms with van der Waals surface area (Å²) in [4.78, 5) is 12.2. The molecule has 0 N–H and O–H groups in total. The molecule has 0 aliphatic rings. The third-order valence-corrected chi connectivity index (χ3v) is 3.40. The van der Waals surface area contributed by atoms with Gasteiger partial charge in [0.1, 0.15) is 5.69 Å². The number of hydrogen-bond acceptors (Lipinski definition) is 2. The minimum atomic E-state index is -0.0270. The predicted molar refractivity (Wildman–Crippen MR) is 63.9 cm³/mol. The Morgan fingerprint density at radius 1 is 1.53 bits per heavy atom. The van der Waals surface area contributed by atoms with E-state index in [1.54, 1.807) is 17.9 Å². The van der Waals surface area contributed by atoms with Crippen LogP contribution in [-0.4, -0.2) is 15.6 Å². The smallest absolute Gasteiger partial charge is 0.185 e. The Morgan fingerprint density at radius 2 is 2.07 bits per heavy atom. The molecule has 84 valence electrons. The number of carbonyl (C=O) groups is 1. The van der Waals surface area contributed by atoms with Gasteiger partial charge >= 0.3 is 0 Å². The molecular weight excluding hydrogens is 256 g/mol. The van der Waals surface area contributed by atoms with Gasteiger partial charge in [-0.2, -0.15) is 5.10 Å². The summed E-state index contributed by atoms with van der Waals surface area (Å²) < 4.78 is 2.39. The highest BCUT2D eigenvalue weighted by Crippen LogP contribution is 2.30. The minimum absolute atomic E-state index is 0.0239. The Labute approximate surface area is 99.0 Å². The van der Waals surface area contributed by atoms with Crippen LogP contribution >= 0.6 is 15.9 Å². The molecule has 1 atom stereocenters. The molecule has 0 aliphatic heterocycles. The zero-order valence-corrected chi connectivity index (χ0v) is 11.4. The molecule has 0 fully saturated rings. The van der Waals surface area contributed by atoms with Crippen LogP contribution in [0.2, 0.25) is 0 Å². The van der Waals surface area contributed by atoms with Crippen LogP contribution < -0.4 is 0 Å². The molecule has 0 amide bonds. The van der Waals surface area contributed by atoms with Crippen molar-refractivity contribution in [1.82, 2.24) is 9.78 Å². The van der Waals surface area contributed by atoms with Crippen molar-refractivity contribution >= 4 is 21.7 Å². The Morgan fingerprint density at radius 3 is 2.40 bits per heavy atom. The molecule has 0 saturated heterocycles. The van der Waals surface area contributed by atoms with Gasteiger partial charge in [0, 0.05) is 13.0 Å². The maximum atomic E-state index is 12.2. The van der Waals surface area contributed by atoms with E-state index in [0.29, 0.717) is 5.69 Å². The molecule has 0 aliphatic carbocycles. The van der Waals surface area contributed by atoms with E-state index in [2.05, 4.69) is 41.8 Å². The van der Waals surface area contributed by atoms with Crippen molar-refractivity contribution in [1.29, 1.82) is 0 Å². The second kappa shape index (κ2) is 4.08. The molecule has 0 radical (unpaired) electrons. The van der Waals surface area contributed by atoms with Gasteiger partial charge in [-0.25, -0.2) is 0 Å². The highest BCUT2D eigenvalue weighted by Gasteiger charge is 2.30. The first kappa shape index (κ1) is 12.4. The minimum Gasteiger partial charge on any atom is -0.292 e. The van der Waals surface area contributed by atoms with Crippen molar-refractivity contribution in [2.24, 2.45) is 18.4 Å². The summed E-state index contributed by atoms with van der Waals surface area (Å²) in [5, 5.41) is 4.05. The van der Waals surface area contributed by atoms with Crippen molar-refractivity contribution in [3.63, 3.8) is 0 Å². The SMILES string of the molecule is CC(C(=O)c1c(Br)cnn1C)C(C)(C)C. The van der Waals surface area contributed by atoms with Gasteiger partial charge in [0.2, 0.25) is 0 Å². The van der Waals surface area contributed by atoms with Crippen LogP contribution in [0, 0.1) is 11.3 Å². The maximum absolute atomic E-state index is 12.2. The molecule has 1 rings (SSSR count). The largest absolute Gasteiger partial charge is 0.292 e. The number of carbonyl (C=O) groups excluding carboxylic acids is 1. The van der Waals surface area contributed by atoms with Crippen LogP contribution in [0.3, 0.4) is 0 Å². The number of Topliss-reactive ketones (excluding diaryl/α,β-unsaturated/α-hetero) is 1. The van der Waals surface area contributed by atoms with E-state index >= 15 is 0 Å². The standard InChI is InChI=1S/C11H17BrN2O/c1-7(11(2,3)4)10(15)9-8(12)6-13-14(9)5/h6-7H,1-5H3. The zero-order chi connectivity index (χ0) is 11.8. The molecule has 0 aromatic carbocycles. The van der Waals surface area contributed by atoms with Crippen molar-refractivity contribution in [3.05, 3.63) is 16.4 Å². The van der Waals surface area contributed by atoms with Gasteiger partial charge in [0.05, 0.1) is 10.7 Å². The molecule has 1 aromatic rings. The van der Waals surface area contributed by atoms with Gasteiger partial charge in [-0.1, -0.05) is 27.7 Å². The lowest BCUT2D eigenvalue weighted by atomic mass is 9.79. The Kier molecular flexibility index (Phi) is 3.38. The lowest BCUT2D eigenvalue weighted by molar-refractivity contribution is 0.0828. The summed E-state index contributed by atoms with van der Waals surface area (Å²) in [6, 6.07) is 0. The number of nitrogens with zero attached hydrogens (tertiary/aromatic N) is 2. The third kappa shape index (κ3) is 2.48. The van der Waals surface area contributed by atoms with Crippen LogP contribution in [0.4, 0.5) is 0 Å². The van der Waals surface area contributed by atoms with Gasteiger partial charge in [-0.15, -0.1) is 0 Å². The summed E-state index contributed by atoms with van der Waals surface area (Å²) in [5.74, 6) is 0.110. The number of halogens is 1. The number of hydrogen-bond donors (Lipinski definition) is 0. The maximum Gasteiger partial charge on any atom is 0.185 e. The monoisotopic (exact) mass is 272 g/mol. The first-order valence-corrected chi connectivity index (χ1v) is 5.76. The fourth-order valence-electron chi connectivity index (χ4n) is 1.29. The van der Waals surface area contributed by atoms with Gasteiger partial charge in [-0.05, 0) is 21.3 Å². The number of rotatable bonds is 2. The van der Waals surface area contributed by atoms with Crippen LogP contribution in [0.25, 0.3) is 0 Å². The molecule has 1 unspecified atom stereocenters. The molecular formula is C11H17BrN2O. The quantitative estimate of drug-likeness (QED) is 0.776. The fourth-order valence-corrected chi connectivity index (χ4v) is 1.83. The summed E-state index contributed by atoms with van der Waals surface area (Å²) in [6.45, 7) is 8.17. The van der Waals surface area contributed by atoms with Crippen LogP contribution in [0.1, 0.15) is 38.2 Å². The van der Waals surface area contributed by atoms with E-state index in [1.807, 2.05) is 6.92 Å². The number of aromatic nitrogens is 2. The van der Waals surface area contributed by atoms with Crippen molar-refractivity contribution in [2.45, 2.75) is 27.7 Å². The number of ketones is 1. The summed E-state index contributed by atoms with van der Waals surface area (Å²) in [5.41, 5.74) is 0.623. The second-order valence-electron chi connectivity index (χ2n) is 4.92. The van der Waals surface area contributed by atoms with Gasteiger partial charge in [0.25, 0.3) is 0 Å². The highest BCUT2D eigenvalue weighted by molar-refractivity contribution is 9.10. The van der Waals surface area contributed by atoms with Crippen LogP contribution in [-0.2, 0) is 7.05 Å². The van der Waals surface area contributed by atoms with E-state index in [4.69, 9.17) is 0 Å². The average Bonchev–Trinajstić information content (AvgIpc) is 2.42. The summed E-state index contributed by atoms with van der Waals surface area (Å²) >= 11 is 3.35. The van der Waals surface area contributed by atoms with Gasteiger partial charge < -0.3 is 0 Å². The zero-order valence-electron chi connectivity index (χ0n) is 9.84. The van der Waals surface area contributed by atoms with E-state index in [-0.39, 0.29) is 17.1 Å². The van der Waals surface area contributed by atoms with E-state index in [9.17, 15) is 4.79 Å². The summed E-state index contributed by atoms with van der Waals surface area (Å²) in [7, 11) is 1.79. The molecule has 0 saturated carbocycles. The fraction of sp³-hybridized carbons (Fsp3) is 0.636. The van der Waals surface area contributed by atoms with Crippen molar-refractivity contribution < 1.29 is 4.79 Å². The Balaban J connectivity index is 3.06. The van der Waals surface area contributed by atoms with Crippen molar-refractivity contribution in [2.75, 3.05) is 0 Å². The molecule has 3 nitrogen and oxygen atoms in total. The topological polar surface area (TPSA) is 34.9 Å². The van der Waals surface area contributed by atoms with E-state index in [0.717, 1.165) is 4.47 Å². The second-order valence-corrected chi connectivity index (χ2v) is 5.77. The molecule has 1 aromatic heterocycles. The molecule has 0 spiro atoms. The van der Waals surface area contributed by atoms with Gasteiger partial charge in [0.15, 0.2) is 5.78 Å². The normalized spacial score (nSPS) is 14.0. The number of aryl methyl sites for hydroxylation is 1. The van der Waals surface area contributed by atoms with Gasteiger partial charge in [-0.3, -0.25) is 9.48 Å². The lowest BCUT2D eigenvalue weighted by Gasteiger charge is -2.25. The molecule has 0 bridgehead atoms. The molecule has 15 heavy (non-hydrogen) atoms. The molecule has 1 heterocycles. The average molecular weight is 273 g/mol. The predicted octanol–water partition coefficient (Wildman–Crippen LogP) is 3.05. The van der Waals surface area contributed by atoms with Crippen LogP contribution in [0.5, 0.6) is 0 Å². The summed E-state index contributed by atoms with van der Waals surface area (Å²) in [6.07, 6.45) is 1.66. The molecule has 4 heteroatoms. The first-order valence-electron chi connectivity index (χ1n) is 4.97. The third-order valence-electron chi connectivity index (χ3n) is 2.82. The van der Waals surface area contributed by atoms with E-state index < -0.39 is 0 Å². The van der Waals surface area contributed by atoms with Crippen molar-refractivity contribution in [3.8, 4) is 0 Å². The van der Waals surface area contributed by atoms with E-state index in [1.165, 1.54) is 0 Å². The first-order chi connectivity index (χ1) is 6.75. The Bertz CT molecular complexity index is 357. The van der Waals surface area contributed by atoms with Crippen LogP contribution in [0.15, 0.2) is 10.7 Å². The Hall–Kier alpha value is -0.640. The lowest BCUT2D eigenvalue weighted by Crippen LogP contribution is -2.27. The highest BCUT2D eigenvalue weighted by atomic mass is 79.9.